The molecule has 11 aromatic rings. The lowest BCUT2D eigenvalue weighted by atomic mass is 10.0. The van der Waals surface area contributed by atoms with E-state index in [0.717, 1.165) is 51.2 Å². The third-order valence-electron chi connectivity index (χ3n) is 11.0. The average molecular weight is 792 g/mol. The van der Waals surface area contributed by atoms with E-state index in [9.17, 15) is 0 Å². The predicted molar refractivity (Wildman–Crippen MR) is 256 cm³/mol. The van der Waals surface area contributed by atoms with Gasteiger partial charge in [-0.2, -0.15) is 0 Å². The van der Waals surface area contributed by atoms with E-state index in [2.05, 4.69) is 239 Å². The van der Waals surface area contributed by atoms with Gasteiger partial charge in [-0.15, -0.1) is 22.7 Å². The third-order valence-corrected chi connectivity index (χ3v) is 13.2. The van der Waals surface area contributed by atoms with Gasteiger partial charge in [0.05, 0.1) is 11.4 Å². The highest BCUT2D eigenvalue weighted by molar-refractivity contribution is 7.26. The number of hydrogen-bond acceptors (Lipinski definition) is 5. The molecule has 5 heteroatoms. The Balaban J connectivity index is 1.17. The summed E-state index contributed by atoms with van der Waals surface area (Å²) in [6, 6.07) is 81.0. The molecule has 0 bridgehead atoms. The highest BCUT2D eigenvalue weighted by Gasteiger charge is 2.24. The lowest BCUT2D eigenvalue weighted by molar-refractivity contribution is 1.27. The fourth-order valence-corrected chi connectivity index (χ4v) is 10.7. The third kappa shape index (κ3) is 6.29. The van der Waals surface area contributed by atoms with Crippen molar-refractivity contribution in [2.24, 2.45) is 0 Å². The largest absolute Gasteiger partial charge is 0.310 e. The normalized spacial score (nSPS) is 11.4. The monoisotopic (exact) mass is 791 g/mol. The van der Waals surface area contributed by atoms with Gasteiger partial charge in [0, 0.05) is 80.2 Å². The number of fused-ring (bicyclic) bond motifs is 6. The average Bonchev–Trinajstić information content (AvgIpc) is 3.87. The molecule has 2 heterocycles. The van der Waals surface area contributed by atoms with E-state index in [1.54, 1.807) is 0 Å². The predicted octanol–water partition coefficient (Wildman–Crippen LogP) is 16.8. The topological polar surface area (TPSA) is 9.72 Å². The molecule has 0 fully saturated rings. The second-order valence-electron chi connectivity index (χ2n) is 14.6. The summed E-state index contributed by atoms with van der Waals surface area (Å²) in [5.74, 6) is 0. The molecule has 0 saturated carbocycles. The number of rotatable bonds is 9. The minimum atomic E-state index is 1.09. The van der Waals surface area contributed by atoms with E-state index in [4.69, 9.17) is 0 Å². The molecule has 0 radical (unpaired) electrons. The van der Waals surface area contributed by atoms with E-state index in [1.165, 1.54) is 40.3 Å². The first kappa shape index (κ1) is 35.0. The Labute approximate surface area is 351 Å². The van der Waals surface area contributed by atoms with Crippen LogP contribution < -0.4 is 14.7 Å². The van der Waals surface area contributed by atoms with Crippen LogP contribution in [0.5, 0.6) is 0 Å². The lowest BCUT2D eigenvalue weighted by Gasteiger charge is -2.30. The van der Waals surface area contributed by atoms with Crippen LogP contribution in [0.3, 0.4) is 0 Å². The Hall–Kier alpha value is -7.18. The van der Waals surface area contributed by atoms with Crippen LogP contribution in [0.25, 0.3) is 40.3 Å². The summed E-state index contributed by atoms with van der Waals surface area (Å²) in [5, 5.41) is 4.99. The van der Waals surface area contributed by atoms with Crippen LogP contribution in [-0.4, -0.2) is 0 Å². The summed E-state index contributed by atoms with van der Waals surface area (Å²) >= 11 is 3.71. The Morgan fingerprint density at radius 3 is 1.25 bits per heavy atom. The van der Waals surface area contributed by atoms with Gasteiger partial charge in [-0.3, -0.25) is 0 Å². The standard InChI is InChI=1S/C54H37N3S2/c1-6-19-38(20-7-1)55(43-33-34-50-46(35-43)54-47(30-18-32-51(54)58-50)56(39-21-8-2-9-22-39)40-23-10-3-11-24-40)44-36-48(53-45-29-16-17-31-49(45)59-52(53)37-44)57(41-25-12-4-13-26-41)42-27-14-5-15-28-42/h1-37H. The molecule has 0 spiro atoms. The van der Waals surface area contributed by atoms with Gasteiger partial charge in [0.25, 0.3) is 0 Å². The van der Waals surface area contributed by atoms with Gasteiger partial charge in [0.2, 0.25) is 0 Å². The van der Waals surface area contributed by atoms with Gasteiger partial charge in [0.15, 0.2) is 0 Å². The molecular weight excluding hydrogens is 755 g/mol. The van der Waals surface area contributed by atoms with Crippen molar-refractivity contribution in [3.8, 4) is 0 Å². The second kappa shape index (κ2) is 15.0. The lowest BCUT2D eigenvalue weighted by Crippen LogP contribution is -2.13. The molecule has 280 valence electrons. The Morgan fingerprint density at radius 2 is 0.678 bits per heavy atom. The molecule has 0 saturated heterocycles. The molecule has 9 aromatic carbocycles. The molecular formula is C54H37N3S2. The van der Waals surface area contributed by atoms with E-state index in [1.807, 2.05) is 22.7 Å². The van der Waals surface area contributed by atoms with Gasteiger partial charge in [0.1, 0.15) is 0 Å². The minimum Gasteiger partial charge on any atom is -0.310 e. The summed E-state index contributed by atoms with van der Waals surface area (Å²) in [6.45, 7) is 0. The number of thiophene rings is 2. The van der Waals surface area contributed by atoms with Gasteiger partial charge in [-0.1, -0.05) is 115 Å². The first-order chi connectivity index (χ1) is 29.3. The van der Waals surface area contributed by atoms with Crippen LogP contribution >= 0.6 is 22.7 Å². The van der Waals surface area contributed by atoms with Gasteiger partial charge >= 0.3 is 0 Å². The zero-order valence-corrected chi connectivity index (χ0v) is 33.7. The molecule has 2 aromatic heterocycles. The van der Waals surface area contributed by atoms with Gasteiger partial charge in [-0.05, 0) is 109 Å². The van der Waals surface area contributed by atoms with Crippen molar-refractivity contribution < 1.29 is 0 Å². The van der Waals surface area contributed by atoms with Crippen LogP contribution in [0, 0.1) is 0 Å². The van der Waals surface area contributed by atoms with Crippen LogP contribution in [0.4, 0.5) is 51.2 Å². The van der Waals surface area contributed by atoms with E-state index in [-0.39, 0.29) is 0 Å². The van der Waals surface area contributed by atoms with Crippen molar-refractivity contribution >= 4 is 114 Å². The van der Waals surface area contributed by atoms with Crippen molar-refractivity contribution in [2.45, 2.75) is 0 Å². The molecule has 3 nitrogen and oxygen atoms in total. The maximum absolute atomic E-state index is 2.43. The molecule has 0 amide bonds. The molecule has 0 N–H and O–H groups in total. The summed E-state index contributed by atoms with van der Waals surface area (Å²) in [6.07, 6.45) is 0. The summed E-state index contributed by atoms with van der Waals surface area (Å²) in [5.41, 5.74) is 10.1. The molecule has 0 aliphatic carbocycles. The van der Waals surface area contributed by atoms with Crippen molar-refractivity contribution in [2.75, 3.05) is 14.7 Å². The van der Waals surface area contributed by atoms with Crippen molar-refractivity contribution in [1.82, 2.24) is 0 Å². The van der Waals surface area contributed by atoms with Crippen LogP contribution in [0.1, 0.15) is 0 Å². The SMILES string of the molecule is c1ccc(N(c2cc(N(c3ccccc3)c3ccccc3)c3c(c2)sc2ccccc23)c2ccc3sc4cccc(N(c5ccccc5)c5ccccc5)c4c3c2)cc1. The Kier molecular flexibility index (Phi) is 8.88. The Bertz CT molecular complexity index is 3140. The molecule has 11 rings (SSSR count). The quantitative estimate of drug-likeness (QED) is 0.144. The smallest absolute Gasteiger partial charge is 0.0575 e. The summed E-state index contributed by atoms with van der Waals surface area (Å²) < 4.78 is 5.02. The fraction of sp³-hybridized carbons (Fsp3) is 0. The maximum Gasteiger partial charge on any atom is 0.0575 e. The van der Waals surface area contributed by atoms with Crippen LogP contribution in [-0.2, 0) is 0 Å². The molecule has 0 aliphatic rings. The van der Waals surface area contributed by atoms with Gasteiger partial charge in [-0.25, -0.2) is 0 Å². The maximum atomic E-state index is 2.43. The number of para-hydroxylation sites is 5. The van der Waals surface area contributed by atoms with Crippen molar-refractivity contribution in [1.29, 1.82) is 0 Å². The highest BCUT2D eigenvalue weighted by Crippen LogP contribution is 2.50. The number of nitrogens with zero attached hydrogens (tertiary/aromatic N) is 3. The fourth-order valence-electron chi connectivity index (χ4n) is 8.43. The first-order valence-corrected chi connectivity index (χ1v) is 21.5. The van der Waals surface area contributed by atoms with E-state index < -0.39 is 0 Å². The van der Waals surface area contributed by atoms with E-state index >= 15 is 0 Å². The molecule has 59 heavy (non-hydrogen) atoms. The summed E-state index contributed by atoms with van der Waals surface area (Å²) in [4.78, 5) is 7.23. The molecule has 0 atom stereocenters. The highest BCUT2D eigenvalue weighted by atomic mass is 32.1. The molecule has 0 unspecified atom stereocenters. The van der Waals surface area contributed by atoms with Crippen LogP contribution in [0.2, 0.25) is 0 Å². The number of hydrogen-bond donors (Lipinski definition) is 0. The Morgan fingerprint density at radius 1 is 0.237 bits per heavy atom. The minimum absolute atomic E-state index is 1.09. The van der Waals surface area contributed by atoms with E-state index in [0.29, 0.717) is 0 Å². The first-order valence-electron chi connectivity index (χ1n) is 19.8. The second-order valence-corrected chi connectivity index (χ2v) is 16.7. The zero-order chi connectivity index (χ0) is 39.1. The summed E-state index contributed by atoms with van der Waals surface area (Å²) in [7, 11) is 0. The van der Waals surface area contributed by atoms with Crippen LogP contribution in [0.15, 0.2) is 224 Å². The number of benzene rings is 9. The van der Waals surface area contributed by atoms with Crippen molar-refractivity contribution in [3.05, 3.63) is 224 Å². The van der Waals surface area contributed by atoms with Gasteiger partial charge < -0.3 is 14.7 Å². The molecule has 0 aliphatic heterocycles. The van der Waals surface area contributed by atoms with Crippen molar-refractivity contribution in [3.63, 3.8) is 0 Å². The zero-order valence-electron chi connectivity index (χ0n) is 32.0. The number of anilines is 9.